The first kappa shape index (κ1) is 26.5. The smallest absolute Gasteiger partial charge is 0.224 e. The van der Waals surface area contributed by atoms with Gasteiger partial charge in [-0.25, -0.2) is 0 Å². The van der Waals surface area contributed by atoms with E-state index in [1.165, 1.54) is 19.3 Å². The summed E-state index contributed by atoms with van der Waals surface area (Å²) in [6.07, 6.45) is 18.9. The SMILES string of the molecule is [CH2]CCCCCCC(CCC[C]1OC2CCCCCCC(COCCCC2)O1)[N+](=O)[O-]. The average Bonchev–Trinajstić information content (AvgIpc) is 2.82. The summed E-state index contributed by atoms with van der Waals surface area (Å²) in [6, 6.07) is -0.458. The van der Waals surface area contributed by atoms with E-state index in [-0.39, 0.29) is 17.1 Å². The van der Waals surface area contributed by atoms with Crippen LogP contribution in [0.5, 0.6) is 0 Å². The molecule has 6 nitrogen and oxygen atoms in total. The maximum absolute atomic E-state index is 11.5. The van der Waals surface area contributed by atoms with E-state index < -0.39 is 6.04 Å². The first-order valence-electron chi connectivity index (χ1n) is 12.9. The van der Waals surface area contributed by atoms with Crippen molar-refractivity contribution in [3.05, 3.63) is 23.3 Å². The van der Waals surface area contributed by atoms with Crippen LogP contribution < -0.4 is 0 Å². The molecule has 2 radical (unpaired) electrons. The molecule has 2 rings (SSSR count). The number of nitrogens with zero attached hydrogens (tertiary/aromatic N) is 1. The van der Waals surface area contributed by atoms with Crippen molar-refractivity contribution in [2.75, 3.05) is 13.2 Å². The van der Waals surface area contributed by atoms with Crippen molar-refractivity contribution in [1.29, 1.82) is 0 Å². The largest absolute Gasteiger partial charge is 0.379 e. The Morgan fingerprint density at radius 3 is 2.26 bits per heavy atom. The summed E-state index contributed by atoms with van der Waals surface area (Å²) >= 11 is 0. The van der Waals surface area contributed by atoms with Crippen molar-refractivity contribution in [2.24, 2.45) is 0 Å². The number of nitro groups is 1. The van der Waals surface area contributed by atoms with E-state index in [1.54, 1.807) is 0 Å². The molecule has 0 N–H and O–H groups in total. The molecule has 31 heavy (non-hydrogen) atoms. The average molecular weight is 440 g/mol. The lowest BCUT2D eigenvalue weighted by atomic mass is 10.0. The van der Waals surface area contributed by atoms with Gasteiger partial charge in [0.15, 0.2) is 0 Å². The predicted molar refractivity (Wildman–Crippen MR) is 123 cm³/mol. The monoisotopic (exact) mass is 439 g/mol. The molecule has 0 saturated carbocycles. The number of rotatable bonds is 11. The van der Waals surface area contributed by atoms with Gasteiger partial charge >= 0.3 is 0 Å². The summed E-state index contributed by atoms with van der Waals surface area (Å²) < 4.78 is 18.6. The van der Waals surface area contributed by atoms with Gasteiger partial charge in [0, 0.05) is 30.8 Å². The summed E-state index contributed by atoms with van der Waals surface area (Å²) in [4.78, 5) is 11.4. The van der Waals surface area contributed by atoms with E-state index in [9.17, 15) is 10.1 Å². The fourth-order valence-corrected chi connectivity index (χ4v) is 4.59. The van der Waals surface area contributed by atoms with Crippen LogP contribution in [0.2, 0.25) is 0 Å². The summed E-state index contributed by atoms with van der Waals surface area (Å²) in [7, 11) is 0. The van der Waals surface area contributed by atoms with E-state index in [1.807, 2.05) is 0 Å². The quantitative estimate of drug-likeness (QED) is 0.201. The Hall–Kier alpha value is -0.720. The van der Waals surface area contributed by atoms with Gasteiger partial charge in [-0.3, -0.25) is 10.1 Å². The second-order valence-electron chi connectivity index (χ2n) is 9.30. The Labute approximate surface area is 189 Å². The van der Waals surface area contributed by atoms with Crippen LogP contribution in [0.25, 0.3) is 0 Å². The molecule has 0 aromatic heterocycles. The zero-order valence-electron chi connectivity index (χ0n) is 19.6. The summed E-state index contributed by atoms with van der Waals surface area (Å²) in [5, 5.41) is 11.5. The molecule has 180 valence electrons. The molecule has 0 aliphatic carbocycles. The highest BCUT2D eigenvalue weighted by Crippen LogP contribution is 2.28. The molecule has 0 amide bonds. The van der Waals surface area contributed by atoms with Crippen LogP contribution in [0.15, 0.2) is 0 Å². The van der Waals surface area contributed by atoms with Gasteiger partial charge in [0.2, 0.25) is 12.3 Å². The topological polar surface area (TPSA) is 70.8 Å². The molecule has 0 aromatic rings. The number of fused-ring (bicyclic) bond motifs is 4. The number of ether oxygens (including phenoxy) is 3. The standard InChI is InChI=1S/C25H45NO5/c1-2-3-4-5-8-14-22(26(27)28)15-13-19-25-30-23-16-9-6-7-10-18-24(31-25)21-29-20-12-11-17-23/h22-24H,1-21H2. The summed E-state index contributed by atoms with van der Waals surface area (Å²) in [6.45, 7) is 5.26. The Morgan fingerprint density at radius 1 is 0.871 bits per heavy atom. The van der Waals surface area contributed by atoms with Crippen LogP contribution in [-0.4, -0.2) is 36.4 Å². The second-order valence-corrected chi connectivity index (χ2v) is 9.30. The number of hydrogen-bond acceptors (Lipinski definition) is 5. The predicted octanol–water partition coefficient (Wildman–Crippen LogP) is 6.79. The minimum atomic E-state index is -0.458. The molecular weight excluding hydrogens is 394 g/mol. The van der Waals surface area contributed by atoms with Gasteiger partial charge < -0.3 is 14.2 Å². The molecule has 2 heterocycles. The van der Waals surface area contributed by atoms with Crippen LogP contribution in [0.4, 0.5) is 0 Å². The van der Waals surface area contributed by atoms with Crippen LogP contribution in [0.1, 0.15) is 116 Å². The van der Waals surface area contributed by atoms with Crippen LogP contribution >= 0.6 is 0 Å². The zero-order chi connectivity index (χ0) is 22.2. The number of unbranched alkanes of at least 4 members (excludes halogenated alkanes) is 4. The summed E-state index contributed by atoms with van der Waals surface area (Å²) in [5.74, 6) is 0. The molecule has 2 bridgehead atoms. The van der Waals surface area contributed by atoms with Crippen LogP contribution in [0, 0.1) is 23.3 Å². The van der Waals surface area contributed by atoms with Crippen molar-refractivity contribution < 1.29 is 19.1 Å². The Balaban J connectivity index is 1.86. The normalized spacial score (nSPS) is 25.6. The van der Waals surface area contributed by atoms with Gasteiger partial charge in [-0.15, -0.1) is 0 Å². The van der Waals surface area contributed by atoms with Crippen molar-refractivity contribution >= 4 is 0 Å². The van der Waals surface area contributed by atoms with Gasteiger partial charge in [-0.2, -0.15) is 0 Å². The minimum Gasteiger partial charge on any atom is -0.379 e. The molecule has 3 atom stereocenters. The molecule has 2 saturated heterocycles. The molecular formula is C25H45NO5. The molecule has 2 aliphatic heterocycles. The number of hydrogen-bond donors (Lipinski definition) is 0. The van der Waals surface area contributed by atoms with Crippen LogP contribution in [-0.2, 0) is 14.2 Å². The van der Waals surface area contributed by atoms with E-state index in [0.717, 1.165) is 83.7 Å². The van der Waals surface area contributed by atoms with E-state index in [0.29, 0.717) is 32.2 Å². The molecule has 3 unspecified atom stereocenters. The van der Waals surface area contributed by atoms with Crippen molar-refractivity contribution in [2.45, 2.75) is 134 Å². The fourth-order valence-electron chi connectivity index (χ4n) is 4.59. The van der Waals surface area contributed by atoms with E-state index >= 15 is 0 Å². The van der Waals surface area contributed by atoms with Gasteiger partial charge in [0.25, 0.3) is 0 Å². The highest BCUT2D eigenvalue weighted by atomic mass is 16.7. The first-order chi connectivity index (χ1) is 15.2. The Kier molecular flexibility index (Phi) is 14.4. The third-order valence-corrected chi connectivity index (χ3v) is 6.52. The van der Waals surface area contributed by atoms with Crippen molar-refractivity contribution in [3.63, 3.8) is 0 Å². The van der Waals surface area contributed by atoms with Crippen LogP contribution in [0.3, 0.4) is 0 Å². The lowest BCUT2D eigenvalue weighted by Gasteiger charge is -2.26. The van der Waals surface area contributed by atoms with Gasteiger partial charge in [-0.1, -0.05) is 58.3 Å². The zero-order valence-corrected chi connectivity index (χ0v) is 19.6. The lowest BCUT2D eigenvalue weighted by molar-refractivity contribution is -0.524. The Bertz CT molecular complexity index is 423. The fraction of sp³-hybridized carbons (Fsp3) is 0.920. The molecule has 0 aromatic carbocycles. The summed E-state index contributed by atoms with van der Waals surface area (Å²) in [5.41, 5.74) is 0. The van der Waals surface area contributed by atoms with Crippen molar-refractivity contribution in [3.8, 4) is 0 Å². The first-order valence-corrected chi connectivity index (χ1v) is 12.9. The van der Waals surface area contributed by atoms with Gasteiger partial charge in [0.1, 0.15) is 0 Å². The Morgan fingerprint density at radius 2 is 1.52 bits per heavy atom. The minimum absolute atomic E-state index is 0.0335. The molecule has 0 spiro atoms. The van der Waals surface area contributed by atoms with E-state index in [4.69, 9.17) is 14.2 Å². The van der Waals surface area contributed by atoms with Gasteiger partial charge in [0.05, 0.1) is 18.8 Å². The lowest BCUT2D eigenvalue weighted by Crippen LogP contribution is -2.26. The molecule has 6 heteroatoms. The maximum atomic E-state index is 11.5. The highest BCUT2D eigenvalue weighted by Gasteiger charge is 2.26. The third-order valence-electron chi connectivity index (χ3n) is 6.52. The third kappa shape index (κ3) is 12.2. The highest BCUT2D eigenvalue weighted by molar-refractivity contribution is 4.76. The maximum Gasteiger partial charge on any atom is 0.224 e. The van der Waals surface area contributed by atoms with Crippen molar-refractivity contribution in [1.82, 2.24) is 0 Å². The second kappa shape index (κ2) is 16.8. The van der Waals surface area contributed by atoms with E-state index in [2.05, 4.69) is 6.92 Å². The van der Waals surface area contributed by atoms with Gasteiger partial charge in [-0.05, 0) is 44.9 Å². The molecule has 2 fully saturated rings. The molecule has 2 aliphatic rings.